The first-order valence-corrected chi connectivity index (χ1v) is 12.2. The van der Waals surface area contributed by atoms with Crippen LogP contribution in [-0.4, -0.2) is 44.4 Å². The summed E-state index contributed by atoms with van der Waals surface area (Å²) in [5, 5.41) is 7.64. The summed E-state index contributed by atoms with van der Waals surface area (Å²) >= 11 is 6.03. The number of halogens is 2. The molecule has 1 atom stereocenters. The van der Waals surface area contributed by atoms with Crippen molar-refractivity contribution in [1.29, 1.82) is 0 Å². The molecule has 1 aliphatic rings. The molecule has 0 radical (unpaired) electrons. The minimum absolute atomic E-state index is 0. The average molecular weight is 580 g/mol. The van der Waals surface area contributed by atoms with E-state index in [1.165, 1.54) is 12.1 Å². The number of nitrogen functional groups attached to an aromatic ring is 1. The number of hydrogen-bond donors (Lipinski definition) is 3. The first-order chi connectivity index (χ1) is 17.9. The van der Waals surface area contributed by atoms with Gasteiger partial charge in [0, 0.05) is 53.4 Å². The molecule has 5 N–H and O–H groups in total. The van der Waals surface area contributed by atoms with E-state index in [-0.39, 0.29) is 34.1 Å². The van der Waals surface area contributed by atoms with Crippen molar-refractivity contribution in [2.75, 3.05) is 30.7 Å². The van der Waals surface area contributed by atoms with Gasteiger partial charge in [0.1, 0.15) is 35.2 Å². The average Bonchev–Trinajstić information content (AvgIpc) is 3.50. The molecule has 1 unspecified atom stereocenters. The summed E-state index contributed by atoms with van der Waals surface area (Å²) in [5.74, 6) is 2.03. The maximum Gasteiger partial charge on any atom is 0.224 e. The molecule has 12 heteroatoms. The van der Waals surface area contributed by atoms with Gasteiger partial charge < -0.3 is 28.4 Å². The van der Waals surface area contributed by atoms with Crippen LogP contribution in [-0.2, 0) is 23.5 Å². The van der Waals surface area contributed by atoms with Crippen molar-refractivity contribution >= 4 is 23.1 Å². The number of aryl methyl sites for hydroxylation is 1. The van der Waals surface area contributed by atoms with Crippen LogP contribution >= 0.6 is 11.6 Å². The van der Waals surface area contributed by atoms with Crippen LogP contribution in [0, 0.1) is 19.7 Å². The molecule has 2 aromatic carbocycles. The Kier molecular flexibility index (Phi) is 10.4. The van der Waals surface area contributed by atoms with E-state index < -0.39 is 0 Å². The first-order valence-electron chi connectivity index (χ1n) is 11.9. The number of fused-ring (bicyclic) bond motifs is 1. The fourth-order valence-corrected chi connectivity index (χ4v) is 4.37. The molecular weight excluding hydrogens is 551 g/mol. The van der Waals surface area contributed by atoms with Crippen molar-refractivity contribution in [2.45, 2.75) is 25.7 Å². The van der Waals surface area contributed by atoms with Crippen LogP contribution in [0.2, 0.25) is 5.28 Å². The molecule has 38 heavy (non-hydrogen) atoms. The van der Waals surface area contributed by atoms with Crippen LogP contribution in [0.1, 0.15) is 35.0 Å². The molecule has 202 valence electrons. The number of hydrogen-bond acceptors (Lipinski definition) is 8. The Balaban J connectivity index is 0.000000213. The van der Waals surface area contributed by atoms with Crippen molar-refractivity contribution in [3.63, 3.8) is 0 Å². The zero-order valence-electron chi connectivity index (χ0n) is 20.8. The molecule has 0 saturated heterocycles. The van der Waals surface area contributed by atoms with Crippen molar-refractivity contribution in [2.24, 2.45) is 5.73 Å². The molecule has 0 bridgehead atoms. The molecule has 2 aromatic heterocycles. The summed E-state index contributed by atoms with van der Waals surface area (Å²) < 4.78 is 20.1. The zero-order chi connectivity index (χ0) is 26.4. The van der Waals surface area contributed by atoms with Gasteiger partial charge in [-0.05, 0) is 67.8 Å². The Morgan fingerprint density at radius 2 is 1.97 bits per heavy atom. The van der Waals surface area contributed by atoms with Crippen LogP contribution in [0.4, 0.5) is 15.9 Å². The SMILES string of the molecule is NCCNc1nc(Cl)nc2c1CCC2c1ccc(F)cc1.[CH2-]COc1cc(N)ccc1-n1cnc(C)n1.[Fe]. The number of nitrogens with one attached hydrogen (secondary N) is 1. The molecule has 2 heterocycles. The number of aromatic nitrogens is 5. The van der Waals surface area contributed by atoms with E-state index in [2.05, 4.69) is 32.3 Å². The fraction of sp³-hybridized carbons (Fsp3) is 0.269. The molecule has 1 aliphatic carbocycles. The maximum atomic E-state index is 13.1. The van der Waals surface area contributed by atoms with Gasteiger partial charge in [0.15, 0.2) is 0 Å². The summed E-state index contributed by atoms with van der Waals surface area (Å²) in [4.78, 5) is 12.7. The van der Waals surface area contributed by atoms with Crippen molar-refractivity contribution in [3.8, 4) is 11.4 Å². The third-order valence-electron chi connectivity index (χ3n) is 5.83. The number of nitrogens with two attached hydrogens (primary N) is 2. The summed E-state index contributed by atoms with van der Waals surface area (Å²) in [7, 11) is 0. The van der Waals surface area contributed by atoms with Gasteiger partial charge in [-0.3, -0.25) is 0 Å². The summed E-state index contributed by atoms with van der Waals surface area (Å²) in [6.07, 6.45) is 3.44. The summed E-state index contributed by atoms with van der Waals surface area (Å²) in [6.45, 7) is 6.97. The number of rotatable bonds is 7. The van der Waals surface area contributed by atoms with Crippen LogP contribution in [0.5, 0.6) is 5.75 Å². The molecule has 0 spiro atoms. The van der Waals surface area contributed by atoms with Crippen LogP contribution < -0.4 is 21.5 Å². The fourth-order valence-electron chi connectivity index (χ4n) is 4.20. The molecule has 5 rings (SSSR count). The van der Waals surface area contributed by atoms with E-state index in [0.29, 0.717) is 37.0 Å². The van der Waals surface area contributed by atoms with Gasteiger partial charge in [-0.15, -0.1) is 0 Å². The first kappa shape index (κ1) is 29.3. The smallest absolute Gasteiger partial charge is 0.224 e. The molecule has 0 fully saturated rings. The zero-order valence-corrected chi connectivity index (χ0v) is 22.7. The molecule has 0 saturated carbocycles. The monoisotopic (exact) mass is 579 g/mol. The number of benzene rings is 2. The minimum atomic E-state index is -0.233. The van der Waals surface area contributed by atoms with E-state index in [4.69, 9.17) is 27.8 Å². The number of anilines is 2. The topological polar surface area (TPSA) is 130 Å². The second-order valence-corrected chi connectivity index (χ2v) is 8.71. The second-order valence-electron chi connectivity index (χ2n) is 8.38. The predicted octanol–water partition coefficient (Wildman–Crippen LogP) is 4.09. The van der Waals surface area contributed by atoms with Crippen LogP contribution in [0.15, 0.2) is 48.8 Å². The van der Waals surface area contributed by atoms with E-state index in [0.717, 1.165) is 41.2 Å². The van der Waals surface area contributed by atoms with Gasteiger partial charge in [-0.1, -0.05) is 12.1 Å². The predicted molar refractivity (Wildman–Crippen MR) is 143 cm³/mol. The number of nitrogens with zero attached hydrogens (tertiary/aromatic N) is 5. The maximum absolute atomic E-state index is 13.1. The summed E-state index contributed by atoms with van der Waals surface area (Å²) in [5.41, 5.74) is 15.7. The van der Waals surface area contributed by atoms with E-state index in [1.807, 2.05) is 13.0 Å². The van der Waals surface area contributed by atoms with Gasteiger partial charge in [0.05, 0.1) is 5.69 Å². The number of ether oxygens (including phenoxy) is 1. The van der Waals surface area contributed by atoms with Gasteiger partial charge >= 0.3 is 0 Å². The molecule has 4 aromatic rings. The second kappa shape index (κ2) is 13.5. The Morgan fingerprint density at radius 1 is 1.21 bits per heavy atom. The van der Waals surface area contributed by atoms with Crippen LogP contribution in [0.25, 0.3) is 5.69 Å². The normalized spacial score (nSPS) is 13.7. The Bertz CT molecular complexity index is 1350. The van der Waals surface area contributed by atoms with Gasteiger partial charge in [-0.2, -0.15) is 5.10 Å². The van der Waals surface area contributed by atoms with E-state index >= 15 is 0 Å². The van der Waals surface area contributed by atoms with E-state index in [1.54, 1.807) is 35.3 Å². The molecule has 0 amide bonds. The van der Waals surface area contributed by atoms with Crippen LogP contribution in [0.3, 0.4) is 0 Å². The third kappa shape index (κ3) is 6.99. The minimum Gasteiger partial charge on any atom is -0.523 e. The molecule has 9 nitrogen and oxygen atoms in total. The molecular formula is C26H29ClFFeN8O-. The quantitative estimate of drug-likeness (QED) is 0.129. The van der Waals surface area contributed by atoms with Crippen molar-refractivity contribution in [1.82, 2.24) is 24.7 Å². The standard InChI is InChI=1S/C15H16ClFN4.C11H13N4O.Fe/c16-15-20-13-11(9-1-3-10(17)4-2-9)5-6-12(13)14(21-15)19-8-7-18;1-3-16-11-6-9(12)4-5-10(11)15-7-13-8(2)14-15;/h1-4,11H,5-8,18H2,(H,19,20,21);4-7H,1,3,12H2,2H3;/q;-1;. The van der Waals surface area contributed by atoms with Gasteiger partial charge in [0.25, 0.3) is 0 Å². The van der Waals surface area contributed by atoms with Crippen molar-refractivity contribution < 1.29 is 26.2 Å². The third-order valence-corrected chi connectivity index (χ3v) is 6.00. The van der Waals surface area contributed by atoms with Gasteiger partial charge in [0.2, 0.25) is 5.28 Å². The Hall–Kier alpha value is -3.24. The van der Waals surface area contributed by atoms with E-state index in [9.17, 15) is 4.39 Å². The van der Waals surface area contributed by atoms with Crippen molar-refractivity contribution in [3.05, 3.63) is 89.5 Å². The summed E-state index contributed by atoms with van der Waals surface area (Å²) in [6, 6.07) is 11.9. The largest absolute Gasteiger partial charge is 0.523 e. The molecule has 0 aliphatic heterocycles. The Labute approximate surface area is 236 Å². The van der Waals surface area contributed by atoms with Gasteiger partial charge in [-0.25, -0.2) is 24.0 Å². The Morgan fingerprint density at radius 3 is 2.63 bits per heavy atom.